The Bertz CT molecular complexity index is 775. The summed E-state index contributed by atoms with van der Waals surface area (Å²) in [4.78, 5) is 15.3. The van der Waals surface area contributed by atoms with Crippen molar-refractivity contribution in [3.63, 3.8) is 0 Å². The highest BCUT2D eigenvalue weighted by molar-refractivity contribution is 5.78. The van der Waals surface area contributed by atoms with Crippen molar-refractivity contribution in [3.05, 3.63) is 29.3 Å². The fourth-order valence-electron chi connectivity index (χ4n) is 6.25. The van der Waals surface area contributed by atoms with Gasteiger partial charge in [0.25, 0.3) is 0 Å². The predicted octanol–water partition coefficient (Wildman–Crippen LogP) is 5.11. The third-order valence-electron chi connectivity index (χ3n) is 7.94. The Labute approximate surface area is 169 Å². The molecule has 0 amide bonds. The number of likely N-dealkylation sites (tertiary alicyclic amines) is 1. The Morgan fingerprint density at radius 2 is 2.00 bits per heavy atom. The quantitative estimate of drug-likeness (QED) is 0.538. The van der Waals surface area contributed by atoms with Gasteiger partial charge < -0.3 is 4.74 Å². The standard InChI is InChI=1S/C25H35NO2/c1-24(2,3)23(27)28-19-10-9-18-14-22-20-6-4-5-11-25(20,21(18)15-19)12-13-26(22)16-17-7-8-17/h9-10,15,17,20,22H,4-8,11-14,16H2,1-3H3/t20-,22+,25+/m0/s1. The summed E-state index contributed by atoms with van der Waals surface area (Å²) >= 11 is 0. The number of fused-ring (bicyclic) bond motifs is 1. The molecule has 3 atom stereocenters. The summed E-state index contributed by atoms with van der Waals surface area (Å²) in [5, 5.41) is 0. The van der Waals surface area contributed by atoms with Crippen LogP contribution in [0.3, 0.4) is 0 Å². The first-order valence-electron chi connectivity index (χ1n) is 11.5. The van der Waals surface area contributed by atoms with Crippen molar-refractivity contribution in [3.8, 4) is 5.75 Å². The molecule has 1 saturated heterocycles. The van der Waals surface area contributed by atoms with Gasteiger partial charge in [0.1, 0.15) is 5.75 Å². The maximum atomic E-state index is 12.4. The summed E-state index contributed by atoms with van der Waals surface area (Å²) in [6, 6.07) is 7.26. The van der Waals surface area contributed by atoms with E-state index in [1.165, 1.54) is 75.6 Å². The van der Waals surface area contributed by atoms with Crippen LogP contribution < -0.4 is 4.74 Å². The van der Waals surface area contributed by atoms with E-state index < -0.39 is 5.41 Å². The van der Waals surface area contributed by atoms with Gasteiger partial charge in [-0.2, -0.15) is 0 Å². The van der Waals surface area contributed by atoms with Crippen LogP contribution in [0.2, 0.25) is 0 Å². The first kappa shape index (κ1) is 18.7. The van der Waals surface area contributed by atoms with Crippen molar-refractivity contribution in [2.24, 2.45) is 17.3 Å². The van der Waals surface area contributed by atoms with Crippen LogP contribution in [0, 0.1) is 17.3 Å². The Kier molecular flexibility index (Phi) is 4.39. The smallest absolute Gasteiger partial charge is 0.316 e. The van der Waals surface area contributed by atoms with Crippen LogP contribution in [0.15, 0.2) is 18.2 Å². The summed E-state index contributed by atoms with van der Waals surface area (Å²) < 4.78 is 5.79. The number of hydrogen-bond donors (Lipinski definition) is 0. The van der Waals surface area contributed by atoms with E-state index in [9.17, 15) is 4.79 Å². The summed E-state index contributed by atoms with van der Waals surface area (Å²) in [5.41, 5.74) is 2.87. The zero-order chi connectivity index (χ0) is 19.5. The van der Waals surface area contributed by atoms with Gasteiger partial charge in [-0.15, -0.1) is 0 Å². The number of rotatable bonds is 3. The molecule has 4 aliphatic rings. The molecule has 3 heteroatoms. The van der Waals surface area contributed by atoms with Gasteiger partial charge in [0, 0.05) is 18.0 Å². The van der Waals surface area contributed by atoms with Gasteiger partial charge in [-0.3, -0.25) is 9.69 Å². The van der Waals surface area contributed by atoms with Crippen molar-refractivity contribution in [1.29, 1.82) is 0 Å². The number of hydrogen-bond acceptors (Lipinski definition) is 3. The molecule has 2 saturated carbocycles. The van der Waals surface area contributed by atoms with Gasteiger partial charge in [-0.05, 0) is 101 Å². The average molecular weight is 382 g/mol. The first-order valence-corrected chi connectivity index (χ1v) is 11.5. The van der Waals surface area contributed by atoms with Crippen molar-refractivity contribution in [2.45, 2.75) is 83.6 Å². The van der Waals surface area contributed by atoms with Crippen LogP contribution in [-0.2, 0) is 16.6 Å². The zero-order valence-electron chi connectivity index (χ0n) is 17.8. The number of esters is 1. The second kappa shape index (κ2) is 6.58. The number of carbonyl (C=O) groups excluding carboxylic acids is 1. The highest BCUT2D eigenvalue weighted by Gasteiger charge is 2.54. The molecule has 1 aliphatic heterocycles. The van der Waals surface area contributed by atoms with E-state index in [0.29, 0.717) is 5.41 Å². The molecule has 1 aromatic rings. The number of nitrogens with zero attached hydrogens (tertiary/aromatic N) is 1. The zero-order valence-corrected chi connectivity index (χ0v) is 17.8. The molecule has 0 spiro atoms. The fourth-order valence-corrected chi connectivity index (χ4v) is 6.25. The van der Waals surface area contributed by atoms with E-state index >= 15 is 0 Å². The van der Waals surface area contributed by atoms with Gasteiger partial charge in [0.2, 0.25) is 0 Å². The third-order valence-corrected chi connectivity index (χ3v) is 7.94. The van der Waals surface area contributed by atoms with Crippen molar-refractivity contribution >= 4 is 5.97 Å². The molecule has 5 rings (SSSR count). The molecule has 0 unspecified atom stereocenters. The lowest BCUT2D eigenvalue weighted by atomic mass is 9.52. The van der Waals surface area contributed by atoms with E-state index in [0.717, 1.165) is 23.6 Å². The summed E-state index contributed by atoms with van der Waals surface area (Å²) in [7, 11) is 0. The minimum absolute atomic E-state index is 0.141. The van der Waals surface area contributed by atoms with E-state index in [-0.39, 0.29) is 5.97 Å². The van der Waals surface area contributed by atoms with Crippen molar-refractivity contribution in [1.82, 2.24) is 4.90 Å². The van der Waals surface area contributed by atoms with Crippen LogP contribution >= 0.6 is 0 Å². The van der Waals surface area contributed by atoms with Crippen LogP contribution in [0.1, 0.15) is 76.8 Å². The highest BCUT2D eigenvalue weighted by atomic mass is 16.5. The predicted molar refractivity (Wildman–Crippen MR) is 112 cm³/mol. The van der Waals surface area contributed by atoms with E-state index in [2.05, 4.69) is 17.0 Å². The normalized spacial score (nSPS) is 32.4. The van der Waals surface area contributed by atoms with E-state index in [4.69, 9.17) is 4.74 Å². The lowest BCUT2D eigenvalue weighted by molar-refractivity contribution is -0.143. The SMILES string of the molecule is CC(C)(C)C(=O)Oc1ccc2c(c1)[C@@]13CCCC[C@H]1[C@@H](C2)N(CC1CC1)CC3. The molecular weight excluding hydrogens is 346 g/mol. The maximum Gasteiger partial charge on any atom is 0.316 e. The van der Waals surface area contributed by atoms with Gasteiger partial charge in [-0.25, -0.2) is 0 Å². The Morgan fingerprint density at radius 3 is 2.75 bits per heavy atom. The van der Waals surface area contributed by atoms with Gasteiger partial charge in [-0.1, -0.05) is 18.9 Å². The summed E-state index contributed by atoms with van der Waals surface area (Å²) in [6.45, 7) is 8.34. The molecule has 0 N–H and O–H groups in total. The molecule has 1 heterocycles. The van der Waals surface area contributed by atoms with Crippen LogP contribution in [-0.4, -0.2) is 30.0 Å². The lowest BCUT2D eigenvalue weighted by Crippen LogP contribution is -2.61. The topological polar surface area (TPSA) is 29.5 Å². The monoisotopic (exact) mass is 381 g/mol. The molecule has 28 heavy (non-hydrogen) atoms. The number of ether oxygens (including phenoxy) is 1. The average Bonchev–Trinajstić information content (AvgIpc) is 3.48. The summed E-state index contributed by atoms with van der Waals surface area (Å²) in [6.07, 6.45) is 10.8. The van der Waals surface area contributed by atoms with Crippen LogP contribution in [0.25, 0.3) is 0 Å². The minimum Gasteiger partial charge on any atom is -0.426 e. The largest absolute Gasteiger partial charge is 0.426 e. The molecule has 1 aromatic carbocycles. The Balaban J connectivity index is 1.48. The number of benzene rings is 1. The van der Waals surface area contributed by atoms with Crippen LogP contribution in [0.4, 0.5) is 0 Å². The van der Waals surface area contributed by atoms with Gasteiger partial charge >= 0.3 is 5.97 Å². The van der Waals surface area contributed by atoms with Crippen molar-refractivity contribution < 1.29 is 9.53 Å². The molecule has 0 aromatic heterocycles. The van der Waals surface area contributed by atoms with Gasteiger partial charge in [0.05, 0.1) is 5.41 Å². The lowest BCUT2D eigenvalue weighted by Gasteiger charge is -2.59. The van der Waals surface area contributed by atoms with Crippen LogP contribution in [0.5, 0.6) is 5.75 Å². The second-order valence-corrected chi connectivity index (χ2v) is 10.9. The maximum absolute atomic E-state index is 12.4. The minimum atomic E-state index is -0.471. The molecule has 3 fully saturated rings. The molecule has 152 valence electrons. The molecule has 3 aliphatic carbocycles. The summed E-state index contributed by atoms with van der Waals surface area (Å²) in [5.74, 6) is 2.36. The number of piperidine rings is 1. The molecule has 3 nitrogen and oxygen atoms in total. The molecule has 2 bridgehead atoms. The Morgan fingerprint density at radius 1 is 1.18 bits per heavy atom. The van der Waals surface area contributed by atoms with Gasteiger partial charge in [0.15, 0.2) is 0 Å². The highest BCUT2D eigenvalue weighted by Crippen LogP contribution is 2.56. The number of carbonyl (C=O) groups is 1. The second-order valence-electron chi connectivity index (χ2n) is 10.9. The van der Waals surface area contributed by atoms with Crippen molar-refractivity contribution in [2.75, 3.05) is 13.1 Å². The first-order chi connectivity index (χ1) is 13.4. The van der Waals surface area contributed by atoms with E-state index in [1.54, 1.807) is 0 Å². The Hall–Kier alpha value is -1.35. The fraction of sp³-hybridized carbons (Fsp3) is 0.720. The molecule has 0 radical (unpaired) electrons. The third kappa shape index (κ3) is 3.10. The molecular formula is C25H35NO2. The van der Waals surface area contributed by atoms with E-state index in [1.807, 2.05) is 26.8 Å².